The van der Waals surface area contributed by atoms with Gasteiger partial charge in [-0.25, -0.2) is 4.98 Å². The second-order valence-electron chi connectivity index (χ2n) is 7.82. The van der Waals surface area contributed by atoms with Crippen LogP contribution in [0.3, 0.4) is 0 Å². The van der Waals surface area contributed by atoms with Gasteiger partial charge < -0.3 is 20.5 Å². The summed E-state index contributed by atoms with van der Waals surface area (Å²) in [7, 11) is 1.82. The van der Waals surface area contributed by atoms with Crippen LogP contribution in [0, 0.1) is 0 Å². The van der Waals surface area contributed by atoms with Crippen LogP contribution in [-0.4, -0.2) is 47.0 Å². The zero-order valence-corrected chi connectivity index (χ0v) is 18.0. The van der Waals surface area contributed by atoms with E-state index in [2.05, 4.69) is 20.6 Å². The SMILES string of the molecule is CNc1cc(-c2c[nH]c(=O)c(N[C@@H]3CCN(C(=O)/C=C/Cc4ccccc4)C3)c2)ccn1. The number of likely N-dealkylation sites (tertiary alicyclic amines) is 1. The molecular weight excluding hydrogens is 402 g/mol. The number of amides is 1. The molecule has 32 heavy (non-hydrogen) atoms. The molecule has 0 aliphatic carbocycles. The van der Waals surface area contributed by atoms with Gasteiger partial charge in [-0.3, -0.25) is 9.59 Å². The van der Waals surface area contributed by atoms with Gasteiger partial charge in [0.05, 0.1) is 0 Å². The van der Waals surface area contributed by atoms with Crippen molar-refractivity contribution in [2.75, 3.05) is 30.8 Å². The number of H-pyrrole nitrogens is 1. The summed E-state index contributed by atoms with van der Waals surface area (Å²) in [5.41, 5.74) is 3.34. The van der Waals surface area contributed by atoms with E-state index in [-0.39, 0.29) is 17.5 Å². The first kappa shape index (κ1) is 21.4. The molecule has 0 saturated carbocycles. The van der Waals surface area contributed by atoms with E-state index in [1.165, 1.54) is 5.56 Å². The van der Waals surface area contributed by atoms with E-state index in [1.54, 1.807) is 18.5 Å². The van der Waals surface area contributed by atoms with Gasteiger partial charge >= 0.3 is 0 Å². The van der Waals surface area contributed by atoms with Gasteiger partial charge in [0.2, 0.25) is 5.91 Å². The van der Waals surface area contributed by atoms with Crippen LogP contribution in [0.15, 0.2) is 77.9 Å². The van der Waals surface area contributed by atoms with Crippen molar-refractivity contribution in [3.05, 3.63) is 89.0 Å². The molecule has 1 aromatic carbocycles. The lowest BCUT2D eigenvalue weighted by molar-refractivity contribution is -0.125. The Morgan fingerprint density at radius 1 is 1.22 bits per heavy atom. The Bertz CT molecular complexity index is 1160. The van der Waals surface area contributed by atoms with Crippen LogP contribution in [0.1, 0.15) is 12.0 Å². The van der Waals surface area contributed by atoms with Crippen molar-refractivity contribution in [1.29, 1.82) is 0 Å². The van der Waals surface area contributed by atoms with E-state index in [0.29, 0.717) is 18.8 Å². The molecule has 4 rings (SSSR count). The van der Waals surface area contributed by atoms with Crippen molar-refractivity contribution in [3.63, 3.8) is 0 Å². The monoisotopic (exact) mass is 429 g/mol. The highest BCUT2D eigenvalue weighted by molar-refractivity contribution is 5.88. The van der Waals surface area contributed by atoms with E-state index in [4.69, 9.17) is 0 Å². The fraction of sp³-hybridized carbons (Fsp3) is 0.240. The third-order valence-corrected chi connectivity index (χ3v) is 5.57. The molecule has 0 radical (unpaired) electrons. The average molecular weight is 430 g/mol. The number of aromatic nitrogens is 2. The number of pyridine rings is 2. The zero-order chi connectivity index (χ0) is 22.3. The molecular formula is C25H27N5O2. The molecule has 0 spiro atoms. The summed E-state index contributed by atoms with van der Waals surface area (Å²) in [6.07, 6.45) is 8.50. The summed E-state index contributed by atoms with van der Waals surface area (Å²) in [5.74, 6) is 0.762. The Labute approximate surface area is 187 Å². The summed E-state index contributed by atoms with van der Waals surface area (Å²) >= 11 is 0. The van der Waals surface area contributed by atoms with Crippen molar-refractivity contribution in [2.45, 2.75) is 18.9 Å². The third-order valence-electron chi connectivity index (χ3n) is 5.57. The van der Waals surface area contributed by atoms with Crippen LogP contribution in [0.2, 0.25) is 0 Å². The van der Waals surface area contributed by atoms with Gasteiger partial charge in [-0.05, 0) is 48.2 Å². The highest BCUT2D eigenvalue weighted by atomic mass is 16.2. The zero-order valence-electron chi connectivity index (χ0n) is 18.0. The van der Waals surface area contributed by atoms with E-state index in [9.17, 15) is 9.59 Å². The van der Waals surface area contributed by atoms with Crippen LogP contribution in [0.5, 0.6) is 0 Å². The Balaban J connectivity index is 1.38. The van der Waals surface area contributed by atoms with E-state index < -0.39 is 0 Å². The Hall–Kier alpha value is -3.87. The largest absolute Gasteiger partial charge is 0.376 e. The minimum absolute atomic E-state index is 0.00396. The number of hydrogen-bond donors (Lipinski definition) is 3. The van der Waals surface area contributed by atoms with Gasteiger partial charge in [-0.15, -0.1) is 0 Å². The van der Waals surface area contributed by atoms with E-state index in [1.807, 2.05) is 66.6 Å². The molecule has 1 fully saturated rings. The van der Waals surface area contributed by atoms with Gasteiger partial charge in [-0.1, -0.05) is 36.4 Å². The van der Waals surface area contributed by atoms with Crippen LogP contribution in [0.4, 0.5) is 11.5 Å². The Morgan fingerprint density at radius 2 is 2.06 bits per heavy atom. The average Bonchev–Trinajstić information content (AvgIpc) is 3.30. The lowest BCUT2D eigenvalue weighted by Crippen LogP contribution is -2.31. The maximum Gasteiger partial charge on any atom is 0.271 e. The molecule has 0 bridgehead atoms. The summed E-state index contributed by atoms with van der Waals surface area (Å²) in [5, 5.41) is 6.34. The molecule has 3 heterocycles. The maximum atomic E-state index is 12.5. The normalized spacial score (nSPS) is 15.8. The van der Waals surface area contributed by atoms with Crippen molar-refractivity contribution >= 4 is 17.4 Å². The fourth-order valence-corrected chi connectivity index (χ4v) is 3.82. The second-order valence-corrected chi connectivity index (χ2v) is 7.82. The third kappa shape index (κ3) is 5.24. The number of allylic oxidation sites excluding steroid dienone is 1. The molecule has 0 unspecified atom stereocenters. The lowest BCUT2D eigenvalue weighted by Gasteiger charge is -2.16. The number of carbonyl (C=O) groups excluding carboxylic acids is 1. The molecule has 7 nitrogen and oxygen atoms in total. The van der Waals surface area contributed by atoms with Gasteiger partial charge in [0, 0.05) is 44.1 Å². The van der Waals surface area contributed by atoms with Crippen molar-refractivity contribution in [2.24, 2.45) is 0 Å². The number of aromatic amines is 1. The molecule has 3 N–H and O–H groups in total. The highest BCUT2D eigenvalue weighted by Crippen LogP contribution is 2.23. The Kier molecular flexibility index (Phi) is 6.65. The van der Waals surface area contributed by atoms with E-state index in [0.717, 1.165) is 29.8 Å². The molecule has 2 aromatic heterocycles. The molecule has 164 valence electrons. The van der Waals surface area contributed by atoms with Crippen LogP contribution in [0.25, 0.3) is 11.1 Å². The van der Waals surface area contributed by atoms with Crippen molar-refractivity contribution in [3.8, 4) is 11.1 Å². The smallest absolute Gasteiger partial charge is 0.271 e. The summed E-state index contributed by atoms with van der Waals surface area (Å²) in [6, 6.07) is 15.8. The number of rotatable bonds is 7. The fourth-order valence-electron chi connectivity index (χ4n) is 3.82. The summed E-state index contributed by atoms with van der Waals surface area (Å²) < 4.78 is 0. The highest BCUT2D eigenvalue weighted by Gasteiger charge is 2.25. The molecule has 3 aromatic rings. The number of carbonyl (C=O) groups is 1. The number of hydrogen-bond acceptors (Lipinski definition) is 5. The first-order valence-electron chi connectivity index (χ1n) is 10.7. The minimum Gasteiger partial charge on any atom is -0.376 e. The molecule has 1 aliphatic rings. The second kappa shape index (κ2) is 9.96. The Morgan fingerprint density at radius 3 is 2.88 bits per heavy atom. The molecule has 7 heteroatoms. The van der Waals surface area contributed by atoms with Crippen LogP contribution >= 0.6 is 0 Å². The van der Waals surface area contributed by atoms with Crippen molar-refractivity contribution in [1.82, 2.24) is 14.9 Å². The molecule has 1 saturated heterocycles. The molecule has 1 atom stereocenters. The molecule has 1 aliphatic heterocycles. The predicted molar refractivity (Wildman–Crippen MR) is 128 cm³/mol. The number of nitrogens with one attached hydrogen (secondary N) is 3. The number of benzene rings is 1. The lowest BCUT2D eigenvalue weighted by atomic mass is 10.1. The number of nitrogens with zero attached hydrogens (tertiary/aromatic N) is 2. The number of anilines is 2. The molecule has 1 amide bonds. The standard InChI is InChI=1S/C25H27N5O2/c1-26-23-15-19(10-12-27-23)20-14-22(25(32)28-16-20)29-21-11-13-30(17-21)24(31)9-5-8-18-6-3-2-4-7-18/h2-7,9-10,12,14-16,21,29H,8,11,13,17H2,1H3,(H,26,27)(H,28,32)/b9-5+/t21-/m1/s1. The predicted octanol–water partition coefficient (Wildman–Crippen LogP) is 3.29. The van der Waals surface area contributed by atoms with Gasteiger partial charge in [0.25, 0.3) is 5.56 Å². The minimum atomic E-state index is -0.177. The van der Waals surface area contributed by atoms with Gasteiger partial charge in [0.1, 0.15) is 11.5 Å². The van der Waals surface area contributed by atoms with E-state index >= 15 is 0 Å². The maximum absolute atomic E-state index is 12.5. The summed E-state index contributed by atoms with van der Waals surface area (Å²) in [6.45, 7) is 1.23. The van der Waals surface area contributed by atoms with Crippen LogP contribution < -0.4 is 16.2 Å². The van der Waals surface area contributed by atoms with Crippen LogP contribution in [-0.2, 0) is 11.2 Å². The van der Waals surface area contributed by atoms with Gasteiger partial charge in [-0.2, -0.15) is 0 Å². The summed E-state index contributed by atoms with van der Waals surface area (Å²) in [4.78, 5) is 33.8. The first-order chi connectivity index (χ1) is 15.6. The first-order valence-corrected chi connectivity index (χ1v) is 10.7. The van der Waals surface area contributed by atoms with Crippen molar-refractivity contribution < 1.29 is 4.79 Å². The van der Waals surface area contributed by atoms with Gasteiger partial charge in [0.15, 0.2) is 0 Å². The quantitative estimate of drug-likeness (QED) is 0.502. The topological polar surface area (TPSA) is 90.1 Å².